The van der Waals surface area contributed by atoms with Gasteiger partial charge in [0.1, 0.15) is 11.5 Å². The summed E-state index contributed by atoms with van der Waals surface area (Å²) in [5.41, 5.74) is 3.96. The Hall–Kier alpha value is -2.86. The van der Waals surface area contributed by atoms with Crippen LogP contribution < -0.4 is 19.4 Å². The molecule has 0 saturated carbocycles. The minimum absolute atomic E-state index is 0.0499. The largest absolute Gasteiger partial charge is 0.493 e. The molecule has 38 heavy (non-hydrogen) atoms. The highest BCUT2D eigenvalue weighted by Gasteiger charge is 2.08. The first-order valence-electron chi connectivity index (χ1n) is 14.4. The van der Waals surface area contributed by atoms with Gasteiger partial charge in [0.2, 0.25) is 5.51 Å². The Morgan fingerprint density at radius 2 is 1.47 bits per heavy atom. The molecular weight excluding hydrogens is 492 g/mol. The van der Waals surface area contributed by atoms with Crippen molar-refractivity contribution in [1.29, 1.82) is 0 Å². The van der Waals surface area contributed by atoms with Crippen molar-refractivity contribution < 1.29 is 18.8 Å². The van der Waals surface area contributed by atoms with Crippen LogP contribution in [0.2, 0.25) is 0 Å². The van der Waals surface area contributed by atoms with E-state index >= 15 is 0 Å². The number of unbranched alkanes of at least 4 members (excludes halogenated alkanes) is 11. The maximum absolute atomic E-state index is 12.4. The number of hydrogen-bond acceptors (Lipinski definition) is 4. The van der Waals surface area contributed by atoms with E-state index in [9.17, 15) is 4.79 Å². The molecule has 0 unspecified atom stereocenters. The smallest absolute Gasteiger partial charge is 0.262 e. The van der Waals surface area contributed by atoms with Crippen LogP contribution >= 0.6 is 11.3 Å². The van der Waals surface area contributed by atoms with Gasteiger partial charge in [0.25, 0.3) is 5.91 Å². The minimum atomic E-state index is -0.187. The molecule has 0 saturated heterocycles. The van der Waals surface area contributed by atoms with E-state index in [2.05, 4.69) is 28.4 Å². The number of rotatable bonds is 20. The molecule has 0 aliphatic rings. The molecule has 0 spiro atoms. The second-order valence-corrected chi connectivity index (χ2v) is 10.7. The Labute approximate surface area is 233 Å². The molecule has 1 amide bonds. The zero-order valence-corrected chi connectivity index (χ0v) is 23.9. The highest BCUT2D eigenvalue weighted by atomic mass is 32.1. The van der Waals surface area contributed by atoms with Crippen LogP contribution in [0.3, 0.4) is 0 Å². The molecule has 6 heteroatoms. The third-order valence-corrected chi connectivity index (χ3v) is 7.22. The summed E-state index contributed by atoms with van der Waals surface area (Å²) in [5.74, 6) is 1.23. The van der Waals surface area contributed by atoms with Crippen LogP contribution in [-0.2, 0) is 11.3 Å². The molecule has 0 fully saturated rings. The third kappa shape index (κ3) is 12.6. The molecule has 5 nitrogen and oxygen atoms in total. The zero-order valence-electron chi connectivity index (χ0n) is 23.0. The summed E-state index contributed by atoms with van der Waals surface area (Å²) >= 11 is 1.66. The molecule has 0 aliphatic heterocycles. The molecule has 3 rings (SSSR count). The number of thiazole rings is 1. The quantitative estimate of drug-likeness (QED) is 0.117. The zero-order chi connectivity index (χ0) is 26.7. The summed E-state index contributed by atoms with van der Waals surface area (Å²) in [6, 6.07) is 15.4. The second kappa shape index (κ2) is 18.4. The third-order valence-electron chi connectivity index (χ3n) is 6.55. The standard InChI is InChI=1S/C32H44N2O3S/c1-2-3-4-5-6-7-8-9-10-11-12-13-21-36-30-18-15-19-31(24-30)37-26-32(35)33-29-17-14-16-28(23-29)25-34-20-22-38-27-34/h14-20,22-24,27H,2-13,21,25-26H2,1H3/p+1. The lowest BCUT2D eigenvalue weighted by Crippen LogP contribution is -2.30. The number of carbonyl (C=O) groups excluding carboxylic acids is 1. The van der Waals surface area contributed by atoms with E-state index in [-0.39, 0.29) is 12.5 Å². The van der Waals surface area contributed by atoms with Crippen molar-refractivity contribution in [3.63, 3.8) is 0 Å². The van der Waals surface area contributed by atoms with Crippen molar-refractivity contribution in [2.75, 3.05) is 18.5 Å². The first kappa shape index (κ1) is 29.7. The van der Waals surface area contributed by atoms with Crippen molar-refractivity contribution in [2.24, 2.45) is 0 Å². The Morgan fingerprint density at radius 1 is 0.816 bits per heavy atom. The Morgan fingerprint density at radius 3 is 2.16 bits per heavy atom. The number of carbonyl (C=O) groups is 1. The molecular formula is C32H45N2O3S+. The van der Waals surface area contributed by atoms with Crippen LogP contribution in [0.4, 0.5) is 5.69 Å². The molecule has 2 aromatic carbocycles. The highest BCUT2D eigenvalue weighted by Crippen LogP contribution is 2.20. The van der Waals surface area contributed by atoms with Crippen LogP contribution in [0, 0.1) is 0 Å². The van der Waals surface area contributed by atoms with Gasteiger partial charge in [-0.2, -0.15) is 4.57 Å². The topological polar surface area (TPSA) is 51.4 Å². The summed E-state index contributed by atoms with van der Waals surface area (Å²) in [6.07, 6.45) is 18.0. The number of aromatic nitrogens is 1. The first-order chi connectivity index (χ1) is 18.7. The van der Waals surface area contributed by atoms with E-state index in [0.717, 1.165) is 30.0 Å². The Bertz CT molecular complexity index is 1040. The highest BCUT2D eigenvalue weighted by molar-refractivity contribution is 7.07. The molecule has 0 atom stereocenters. The average molecular weight is 538 g/mol. The van der Waals surface area contributed by atoms with Crippen LogP contribution in [0.25, 0.3) is 0 Å². The number of nitrogens with one attached hydrogen (secondary N) is 1. The number of benzene rings is 2. The van der Waals surface area contributed by atoms with Gasteiger partial charge in [-0.1, -0.05) is 107 Å². The molecule has 0 bridgehead atoms. The summed E-state index contributed by atoms with van der Waals surface area (Å²) in [7, 11) is 0. The number of nitrogens with zero attached hydrogens (tertiary/aromatic N) is 1. The number of amides is 1. The van der Waals surface area contributed by atoms with Gasteiger partial charge in [-0.05, 0) is 30.7 Å². The predicted molar refractivity (Wildman–Crippen MR) is 157 cm³/mol. The van der Waals surface area contributed by atoms with E-state index in [1.807, 2.05) is 54.0 Å². The van der Waals surface area contributed by atoms with Crippen molar-refractivity contribution in [3.05, 3.63) is 71.2 Å². The van der Waals surface area contributed by atoms with E-state index < -0.39 is 0 Å². The lowest BCUT2D eigenvalue weighted by Gasteiger charge is -2.10. The molecule has 1 aromatic heterocycles. The molecule has 3 aromatic rings. The fourth-order valence-corrected chi connectivity index (χ4v) is 5.04. The molecule has 0 aliphatic carbocycles. The lowest BCUT2D eigenvalue weighted by molar-refractivity contribution is -0.683. The number of anilines is 1. The van der Waals surface area contributed by atoms with Gasteiger partial charge in [-0.15, -0.1) is 0 Å². The van der Waals surface area contributed by atoms with Crippen LogP contribution in [0.15, 0.2) is 65.6 Å². The van der Waals surface area contributed by atoms with Crippen molar-refractivity contribution in [3.8, 4) is 11.5 Å². The van der Waals surface area contributed by atoms with Gasteiger partial charge in [-0.3, -0.25) is 4.79 Å². The summed E-state index contributed by atoms with van der Waals surface area (Å²) in [4.78, 5) is 12.4. The normalized spacial score (nSPS) is 10.9. The summed E-state index contributed by atoms with van der Waals surface area (Å²) in [5, 5.41) is 4.97. The maximum atomic E-state index is 12.4. The monoisotopic (exact) mass is 537 g/mol. The summed E-state index contributed by atoms with van der Waals surface area (Å²) < 4.78 is 13.7. The lowest BCUT2D eigenvalue weighted by atomic mass is 10.1. The van der Waals surface area contributed by atoms with E-state index in [1.54, 1.807) is 11.3 Å². The molecule has 0 radical (unpaired) electrons. The Balaban J connectivity index is 1.25. The van der Waals surface area contributed by atoms with E-state index in [1.165, 1.54) is 70.6 Å². The SMILES string of the molecule is CCCCCCCCCCCCCCOc1cccc(OCC(=O)Nc2cccc(C[n+]3ccsc3)c2)c1. The van der Waals surface area contributed by atoms with E-state index in [0.29, 0.717) is 12.4 Å². The van der Waals surface area contributed by atoms with Gasteiger partial charge in [-0.25, -0.2) is 0 Å². The molecule has 206 valence electrons. The van der Waals surface area contributed by atoms with Gasteiger partial charge < -0.3 is 14.8 Å². The predicted octanol–water partition coefficient (Wildman–Crippen LogP) is 8.18. The van der Waals surface area contributed by atoms with Crippen molar-refractivity contribution in [2.45, 2.75) is 90.5 Å². The minimum Gasteiger partial charge on any atom is -0.493 e. The average Bonchev–Trinajstić information content (AvgIpc) is 3.44. The van der Waals surface area contributed by atoms with Gasteiger partial charge >= 0.3 is 0 Å². The van der Waals surface area contributed by atoms with Crippen LogP contribution in [0.1, 0.15) is 89.5 Å². The Kier molecular flexibility index (Phi) is 14.4. The first-order valence-corrected chi connectivity index (χ1v) is 15.3. The second-order valence-electron chi connectivity index (χ2n) is 9.95. The van der Waals surface area contributed by atoms with Crippen molar-refractivity contribution >= 4 is 22.9 Å². The van der Waals surface area contributed by atoms with Gasteiger partial charge in [0.05, 0.1) is 12.0 Å². The fourth-order valence-electron chi connectivity index (χ4n) is 4.44. The van der Waals surface area contributed by atoms with Crippen LogP contribution in [0.5, 0.6) is 11.5 Å². The maximum Gasteiger partial charge on any atom is 0.262 e. The van der Waals surface area contributed by atoms with Gasteiger partial charge in [0, 0.05) is 17.3 Å². The van der Waals surface area contributed by atoms with Crippen LogP contribution in [-0.4, -0.2) is 19.1 Å². The molecule has 1 heterocycles. The van der Waals surface area contributed by atoms with E-state index in [4.69, 9.17) is 9.47 Å². The van der Waals surface area contributed by atoms with Crippen molar-refractivity contribution in [1.82, 2.24) is 0 Å². The van der Waals surface area contributed by atoms with Gasteiger partial charge in [0.15, 0.2) is 19.3 Å². The number of hydrogen-bond donors (Lipinski definition) is 1. The number of ether oxygens (including phenoxy) is 2. The molecule has 1 N–H and O–H groups in total. The fraction of sp³-hybridized carbons (Fsp3) is 0.500. The summed E-state index contributed by atoms with van der Waals surface area (Å²) in [6.45, 7) is 3.71.